The number of halogens is 1. The van der Waals surface area contributed by atoms with E-state index in [2.05, 4.69) is 5.32 Å². The van der Waals surface area contributed by atoms with Crippen LogP contribution in [0.4, 0.5) is 14.9 Å². The summed E-state index contributed by atoms with van der Waals surface area (Å²) in [7, 11) is -1.64. The number of hydrogen-bond acceptors (Lipinski definition) is 4. The number of benzene rings is 1. The van der Waals surface area contributed by atoms with Crippen molar-refractivity contribution < 1.29 is 17.6 Å². The molecule has 0 saturated carbocycles. The van der Waals surface area contributed by atoms with Crippen LogP contribution < -0.4 is 10.2 Å². The highest BCUT2D eigenvalue weighted by Crippen LogP contribution is 2.20. The average molecular weight is 386 g/mol. The Hall–Kier alpha value is -1.87. The lowest BCUT2D eigenvalue weighted by molar-refractivity contribution is 0.194. The smallest absolute Gasteiger partial charge is 0.317 e. The molecule has 0 unspecified atom stereocenters. The van der Waals surface area contributed by atoms with E-state index in [1.54, 1.807) is 37.1 Å². The maximum atomic E-state index is 13.8. The predicted molar refractivity (Wildman–Crippen MR) is 100 cm³/mol. The second kappa shape index (κ2) is 9.18. The third-order valence-corrected chi connectivity index (χ3v) is 6.39. The topological polar surface area (TPSA) is 73.0 Å². The number of carbonyl (C=O) groups is 1. The van der Waals surface area contributed by atoms with E-state index in [1.165, 1.54) is 10.4 Å². The third kappa shape index (κ3) is 5.31. The van der Waals surface area contributed by atoms with Gasteiger partial charge in [-0.3, -0.25) is 0 Å². The summed E-state index contributed by atoms with van der Waals surface area (Å²) >= 11 is 0. The molecule has 2 amide bonds. The minimum absolute atomic E-state index is 0.0716. The second-order valence-electron chi connectivity index (χ2n) is 6.23. The van der Waals surface area contributed by atoms with E-state index in [0.29, 0.717) is 51.4 Å². The summed E-state index contributed by atoms with van der Waals surface area (Å²) in [5.41, 5.74) is 0.563. The summed E-state index contributed by atoms with van der Waals surface area (Å²) in [5, 5.41) is 2.82. The van der Waals surface area contributed by atoms with Crippen molar-refractivity contribution in [2.45, 2.75) is 13.3 Å². The van der Waals surface area contributed by atoms with Crippen molar-refractivity contribution in [3.05, 3.63) is 30.1 Å². The fraction of sp³-hybridized carbons (Fsp3) is 0.588. The summed E-state index contributed by atoms with van der Waals surface area (Å²) in [6, 6.07) is 6.47. The number of anilines is 1. The average Bonchev–Trinajstić information content (AvgIpc) is 2.65. The first kappa shape index (κ1) is 20.4. The van der Waals surface area contributed by atoms with Crippen LogP contribution in [-0.2, 0) is 10.0 Å². The van der Waals surface area contributed by atoms with E-state index >= 15 is 0 Å². The molecule has 1 fully saturated rings. The second-order valence-corrected chi connectivity index (χ2v) is 8.60. The van der Waals surface area contributed by atoms with Crippen LogP contribution >= 0.6 is 0 Å². The van der Waals surface area contributed by atoms with Gasteiger partial charge in [0.15, 0.2) is 0 Å². The van der Waals surface area contributed by atoms with Gasteiger partial charge in [0.2, 0.25) is 10.0 Å². The first-order valence-electron chi connectivity index (χ1n) is 8.81. The Morgan fingerprint density at radius 1 is 1.23 bits per heavy atom. The standard InChI is InChI=1S/C17H27FN4O3S/c1-3-26(24,25)20(2)10-6-9-19-17(23)22-13-11-21(12-14-22)16-8-5-4-7-15(16)18/h4-5,7-8H,3,6,9-14H2,1-2H3,(H,19,23). The molecule has 0 aromatic heterocycles. The van der Waals surface area contributed by atoms with Crippen molar-refractivity contribution in [1.82, 2.24) is 14.5 Å². The molecule has 2 rings (SSSR count). The molecule has 1 N–H and O–H groups in total. The van der Waals surface area contributed by atoms with Gasteiger partial charge in [-0.25, -0.2) is 21.9 Å². The number of amides is 2. The first-order chi connectivity index (χ1) is 12.3. The molecule has 26 heavy (non-hydrogen) atoms. The van der Waals surface area contributed by atoms with E-state index < -0.39 is 10.0 Å². The molecular formula is C17H27FN4O3S. The lowest BCUT2D eigenvalue weighted by atomic mass is 10.2. The molecule has 7 nitrogen and oxygen atoms in total. The highest BCUT2D eigenvalue weighted by molar-refractivity contribution is 7.89. The maximum absolute atomic E-state index is 13.8. The molecule has 1 aliphatic heterocycles. The largest absolute Gasteiger partial charge is 0.366 e. The predicted octanol–water partition coefficient (Wildman–Crippen LogP) is 1.33. The highest BCUT2D eigenvalue weighted by atomic mass is 32.2. The molecular weight excluding hydrogens is 359 g/mol. The van der Waals surface area contributed by atoms with E-state index in [0.717, 1.165) is 0 Å². The minimum Gasteiger partial charge on any atom is -0.366 e. The highest BCUT2D eigenvalue weighted by Gasteiger charge is 2.22. The monoisotopic (exact) mass is 386 g/mol. The molecule has 0 bridgehead atoms. The number of sulfonamides is 1. The van der Waals surface area contributed by atoms with Gasteiger partial charge >= 0.3 is 6.03 Å². The van der Waals surface area contributed by atoms with Gasteiger partial charge in [-0.05, 0) is 25.5 Å². The Morgan fingerprint density at radius 3 is 2.50 bits per heavy atom. The fourth-order valence-corrected chi connectivity index (χ4v) is 3.67. The zero-order valence-corrected chi connectivity index (χ0v) is 16.1. The molecule has 1 saturated heterocycles. The number of urea groups is 1. The van der Waals surface area contributed by atoms with E-state index in [4.69, 9.17) is 0 Å². The Labute approximate surface area is 154 Å². The molecule has 1 aromatic carbocycles. The van der Waals surface area contributed by atoms with Gasteiger partial charge in [0.25, 0.3) is 0 Å². The van der Waals surface area contributed by atoms with Crippen molar-refractivity contribution in [2.24, 2.45) is 0 Å². The molecule has 0 aliphatic carbocycles. The van der Waals surface area contributed by atoms with Gasteiger partial charge in [-0.15, -0.1) is 0 Å². The zero-order valence-electron chi connectivity index (χ0n) is 15.3. The van der Waals surface area contributed by atoms with Gasteiger partial charge in [-0.2, -0.15) is 0 Å². The van der Waals surface area contributed by atoms with Crippen LogP contribution in [0.3, 0.4) is 0 Å². The zero-order chi connectivity index (χ0) is 19.2. The first-order valence-corrected chi connectivity index (χ1v) is 10.4. The van der Waals surface area contributed by atoms with Crippen molar-refractivity contribution in [1.29, 1.82) is 0 Å². The van der Waals surface area contributed by atoms with Gasteiger partial charge in [-0.1, -0.05) is 12.1 Å². The quantitative estimate of drug-likeness (QED) is 0.718. The van der Waals surface area contributed by atoms with Crippen LogP contribution in [0.5, 0.6) is 0 Å². The van der Waals surface area contributed by atoms with Gasteiger partial charge in [0, 0.05) is 46.3 Å². The van der Waals surface area contributed by atoms with E-state index in [1.807, 2.05) is 4.90 Å². The van der Waals surface area contributed by atoms with Crippen molar-refractivity contribution >= 4 is 21.7 Å². The van der Waals surface area contributed by atoms with E-state index in [9.17, 15) is 17.6 Å². The summed E-state index contributed by atoms with van der Waals surface area (Å²) in [6.07, 6.45) is 0.552. The van der Waals surface area contributed by atoms with Crippen LogP contribution in [0.2, 0.25) is 0 Å². The van der Waals surface area contributed by atoms with Crippen LogP contribution in [-0.4, -0.2) is 75.7 Å². The van der Waals surface area contributed by atoms with Crippen LogP contribution in [0.25, 0.3) is 0 Å². The number of piperazine rings is 1. The Morgan fingerprint density at radius 2 is 1.88 bits per heavy atom. The lowest BCUT2D eigenvalue weighted by Crippen LogP contribution is -2.52. The molecule has 0 spiro atoms. The number of nitrogens with zero attached hydrogens (tertiary/aromatic N) is 3. The van der Waals surface area contributed by atoms with Crippen LogP contribution in [0.1, 0.15) is 13.3 Å². The number of nitrogens with one attached hydrogen (secondary N) is 1. The van der Waals surface area contributed by atoms with Crippen LogP contribution in [0.15, 0.2) is 24.3 Å². The molecule has 0 atom stereocenters. The summed E-state index contributed by atoms with van der Waals surface area (Å²) in [6.45, 7) is 4.58. The summed E-state index contributed by atoms with van der Waals surface area (Å²) in [4.78, 5) is 15.8. The summed E-state index contributed by atoms with van der Waals surface area (Å²) < 4.78 is 38.4. The summed E-state index contributed by atoms with van der Waals surface area (Å²) in [5.74, 6) is -0.182. The van der Waals surface area contributed by atoms with Crippen molar-refractivity contribution in [3.8, 4) is 0 Å². The van der Waals surface area contributed by atoms with E-state index in [-0.39, 0.29) is 17.6 Å². The number of rotatable bonds is 7. The number of carbonyl (C=O) groups excluding carboxylic acids is 1. The minimum atomic E-state index is -3.18. The fourth-order valence-electron chi connectivity index (χ4n) is 2.83. The van der Waals surface area contributed by atoms with Gasteiger partial charge in [0.1, 0.15) is 5.82 Å². The molecule has 1 heterocycles. The number of hydrogen-bond donors (Lipinski definition) is 1. The Bertz CT molecular complexity index is 706. The van der Waals surface area contributed by atoms with Crippen LogP contribution in [0, 0.1) is 5.82 Å². The lowest BCUT2D eigenvalue weighted by Gasteiger charge is -2.36. The molecule has 1 aromatic rings. The number of para-hydroxylation sites is 1. The molecule has 146 valence electrons. The van der Waals surface area contributed by atoms with Gasteiger partial charge < -0.3 is 15.1 Å². The Balaban J connectivity index is 1.71. The van der Waals surface area contributed by atoms with Crippen molar-refractivity contribution in [2.75, 3.05) is 57.0 Å². The normalized spacial score (nSPS) is 15.4. The van der Waals surface area contributed by atoms with Crippen molar-refractivity contribution in [3.63, 3.8) is 0 Å². The third-order valence-electron chi connectivity index (χ3n) is 4.53. The molecule has 1 aliphatic rings. The maximum Gasteiger partial charge on any atom is 0.317 e. The Kier molecular flexibility index (Phi) is 7.22. The van der Waals surface area contributed by atoms with Gasteiger partial charge in [0.05, 0.1) is 11.4 Å². The molecule has 0 radical (unpaired) electrons. The molecule has 9 heteroatoms. The SMILES string of the molecule is CCS(=O)(=O)N(C)CCCNC(=O)N1CCN(c2ccccc2F)CC1.